The maximum Gasteiger partial charge on any atom is 0.203 e. The Morgan fingerprint density at radius 2 is 1.63 bits per heavy atom. The Bertz CT molecular complexity index is 715. The normalized spacial score (nSPS) is 10.6. The molecule has 0 fully saturated rings. The number of anilines is 1. The van der Waals surface area contributed by atoms with Gasteiger partial charge < -0.3 is 19.5 Å². The third-order valence-corrected chi connectivity index (χ3v) is 5.08. The van der Waals surface area contributed by atoms with Crippen LogP contribution in [-0.2, 0) is 0 Å². The van der Waals surface area contributed by atoms with Gasteiger partial charge in [-0.3, -0.25) is 0 Å². The Balaban J connectivity index is 2.32. The van der Waals surface area contributed by atoms with Gasteiger partial charge in [-0.2, -0.15) is 0 Å². The van der Waals surface area contributed by atoms with Gasteiger partial charge in [0, 0.05) is 24.4 Å². The number of rotatable bonds is 11. The maximum absolute atomic E-state index is 5.46. The van der Waals surface area contributed by atoms with Crippen molar-refractivity contribution in [1.82, 2.24) is 9.97 Å². The van der Waals surface area contributed by atoms with Gasteiger partial charge in [-0.25, -0.2) is 9.97 Å². The quantitative estimate of drug-likeness (QED) is 0.332. The summed E-state index contributed by atoms with van der Waals surface area (Å²) in [5.74, 6) is 3.57. The van der Waals surface area contributed by atoms with Gasteiger partial charge >= 0.3 is 0 Å². The van der Waals surface area contributed by atoms with Crippen molar-refractivity contribution in [3.8, 4) is 28.5 Å². The van der Waals surface area contributed by atoms with Crippen molar-refractivity contribution in [1.29, 1.82) is 0 Å². The first-order chi connectivity index (χ1) is 13.2. The largest absolute Gasteiger partial charge is 0.493 e. The molecule has 1 aromatic carbocycles. The van der Waals surface area contributed by atoms with E-state index in [-0.39, 0.29) is 0 Å². The summed E-state index contributed by atoms with van der Waals surface area (Å²) in [6.07, 6.45) is 4.93. The van der Waals surface area contributed by atoms with Gasteiger partial charge in [0.2, 0.25) is 5.75 Å². The van der Waals surface area contributed by atoms with Crippen molar-refractivity contribution in [3.05, 3.63) is 18.2 Å². The Morgan fingerprint density at radius 1 is 0.926 bits per heavy atom. The molecule has 0 aliphatic heterocycles. The second-order valence-corrected chi connectivity index (χ2v) is 7.06. The van der Waals surface area contributed by atoms with Gasteiger partial charge in [-0.15, -0.1) is 0 Å². The van der Waals surface area contributed by atoms with E-state index in [1.807, 2.05) is 25.2 Å². The molecule has 0 atom stereocenters. The van der Waals surface area contributed by atoms with E-state index in [4.69, 9.17) is 19.2 Å². The van der Waals surface area contributed by atoms with Crippen molar-refractivity contribution in [2.24, 2.45) is 0 Å². The molecule has 6 nitrogen and oxygen atoms in total. The molecule has 7 heteroatoms. The number of nitrogens with zero attached hydrogens (tertiary/aromatic N) is 2. The summed E-state index contributed by atoms with van der Waals surface area (Å²) >= 11 is 1.69. The lowest BCUT2D eigenvalue weighted by molar-refractivity contribution is 0.324. The zero-order chi connectivity index (χ0) is 19.6. The van der Waals surface area contributed by atoms with E-state index in [1.54, 1.807) is 33.1 Å². The number of aromatic nitrogens is 2. The van der Waals surface area contributed by atoms with Crippen LogP contribution < -0.4 is 19.5 Å². The van der Waals surface area contributed by atoms with Crippen LogP contribution in [0.3, 0.4) is 0 Å². The van der Waals surface area contributed by atoms with E-state index >= 15 is 0 Å². The molecule has 1 heterocycles. The average molecular weight is 392 g/mol. The Morgan fingerprint density at radius 3 is 2.19 bits per heavy atom. The molecule has 0 aliphatic rings. The van der Waals surface area contributed by atoms with Crippen LogP contribution in [0, 0.1) is 0 Å². The van der Waals surface area contributed by atoms with Gasteiger partial charge in [0.1, 0.15) is 5.82 Å². The first-order valence-corrected chi connectivity index (χ1v) is 10.1. The molecule has 0 bridgehead atoms. The first kappa shape index (κ1) is 21.2. The number of unbranched alkanes of at least 4 members (excludes halogenated alkanes) is 3. The summed E-state index contributed by atoms with van der Waals surface area (Å²) in [7, 11) is 6.67. The minimum atomic E-state index is 0.567. The molecule has 0 saturated heterocycles. The van der Waals surface area contributed by atoms with Crippen LogP contribution in [0.4, 0.5) is 5.82 Å². The van der Waals surface area contributed by atoms with Gasteiger partial charge in [-0.05, 0) is 18.6 Å². The van der Waals surface area contributed by atoms with E-state index in [1.165, 1.54) is 25.7 Å². The predicted molar refractivity (Wildman–Crippen MR) is 112 cm³/mol. The second-order valence-electron chi connectivity index (χ2n) is 5.99. The number of nitrogens with one attached hydrogen (secondary N) is 1. The molecule has 1 aromatic heterocycles. The predicted octanol–water partition coefficient (Wildman–Crippen LogP) is 4.88. The molecule has 2 aromatic rings. The van der Waals surface area contributed by atoms with Crippen LogP contribution >= 0.6 is 11.8 Å². The summed E-state index contributed by atoms with van der Waals surface area (Å²) in [5, 5.41) is 3.88. The molecule has 0 unspecified atom stereocenters. The molecule has 0 amide bonds. The lowest BCUT2D eigenvalue weighted by Crippen LogP contribution is -2.00. The SMILES string of the molecule is CCCCCCSc1nc(NC)cc(-c2cc(OC)c(OC)c(OC)c2)n1. The van der Waals surface area contributed by atoms with Crippen LogP contribution in [0.15, 0.2) is 23.4 Å². The van der Waals surface area contributed by atoms with Gasteiger partial charge in [0.25, 0.3) is 0 Å². The van der Waals surface area contributed by atoms with E-state index in [9.17, 15) is 0 Å². The van der Waals surface area contributed by atoms with Crippen molar-refractivity contribution in [3.63, 3.8) is 0 Å². The molecule has 148 valence electrons. The second kappa shape index (κ2) is 10.9. The lowest BCUT2D eigenvalue weighted by Gasteiger charge is -2.14. The van der Waals surface area contributed by atoms with Crippen LogP contribution in [-0.4, -0.2) is 44.1 Å². The minimum Gasteiger partial charge on any atom is -0.493 e. The highest BCUT2D eigenvalue weighted by molar-refractivity contribution is 7.99. The summed E-state index contributed by atoms with van der Waals surface area (Å²) in [5.41, 5.74) is 1.70. The van der Waals surface area contributed by atoms with Crippen LogP contribution in [0.1, 0.15) is 32.6 Å². The van der Waals surface area contributed by atoms with Crippen molar-refractivity contribution >= 4 is 17.6 Å². The number of benzene rings is 1. The van der Waals surface area contributed by atoms with E-state index < -0.39 is 0 Å². The number of thioether (sulfide) groups is 1. The van der Waals surface area contributed by atoms with Crippen molar-refractivity contribution in [2.45, 2.75) is 37.8 Å². The van der Waals surface area contributed by atoms with E-state index in [0.717, 1.165) is 28.0 Å². The molecule has 0 aliphatic carbocycles. The molecule has 27 heavy (non-hydrogen) atoms. The fourth-order valence-electron chi connectivity index (χ4n) is 2.69. The smallest absolute Gasteiger partial charge is 0.203 e. The summed E-state index contributed by atoms with van der Waals surface area (Å²) in [6, 6.07) is 5.72. The Labute approximate surface area is 166 Å². The number of hydrogen-bond acceptors (Lipinski definition) is 7. The van der Waals surface area contributed by atoms with Crippen molar-refractivity contribution in [2.75, 3.05) is 39.4 Å². The zero-order valence-corrected chi connectivity index (χ0v) is 17.6. The standard InChI is InChI=1S/C20H29N3O3S/c1-6-7-8-9-10-27-20-22-15(13-18(21-2)23-20)14-11-16(24-3)19(26-5)17(12-14)25-4/h11-13H,6-10H2,1-5H3,(H,21,22,23). The Hall–Kier alpha value is -2.15. The maximum atomic E-state index is 5.46. The lowest BCUT2D eigenvalue weighted by atomic mass is 10.1. The molecular weight excluding hydrogens is 362 g/mol. The van der Waals surface area contributed by atoms with Crippen LogP contribution in [0.2, 0.25) is 0 Å². The highest BCUT2D eigenvalue weighted by atomic mass is 32.2. The van der Waals surface area contributed by atoms with Crippen molar-refractivity contribution < 1.29 is 14.2 Å². The molecular formula is C20H29N3O3S. The fraction of sp³-hybridized carbons (Fsp3) is 0.500. The third kappa shape index (κ3) is 5.66. The zero-order valence-electron chi connectivity index (χ0n) is 16.8. The summed E-state index contributed by atoms with van der Waals surface area (Å²) in [4.78, 5) is 9.30. The topological polar surface area (TPSA) is 65.5 Å². The van der Waals surface area contributed by atoms with Gasteiger partial charge in [0.15, 0.2) is 16.7 Å². The van der Waals surface area contributed by atoms with Gasteiger partial charge in [0.05, 0.1) is 27.0 Å². The Kier molecular flexibility index (Phi) is 8.51. The molecule has 1 N–H and O–H groups in total. The number of ether oxygens (including phenoxy) is 3. The number of hydrogen-bond donors (Lipinski definition) is 1. The first-order valence-electron chi connectivity index (χ1n) is 9.16. The summed E-state index contributed by atoms with van der Waals surface area (Å²) in [6.45, 7) is 2.22. The average Bonchev–Trinajstić information content (AvgIpc) is 2.72. The summed E-state index contributed by atoms with van der Waals surface area (Å²) < 4.78 is 16.3. The van der Waals surface area contributed by atoms with Crippen LogP contribution in [0.25, 0.3) is 11.3 Å². The van der Waals surface area contributed by atoms with Gasteiger partial charge in [-0.1, -0.05) is 37.9 Å². The third-order valence-electron chi connectivity index (χ3n) is 4.15. The van der Waals surface area contributed by atoms with Crippen LogP contribution in [0.5, 0.6) is 17.2 Å². The molecule has 0 saturated carbocycles. The molecule has 0 radical (unpaired) electrons. The monoisotopic (exact) mass is 391 g/mol. The number of methoxy groups -OCH3 is 3. The highest BCUT2D eigenvalue weighted by Crippen LogP contribution is 2.41. The van der Waals surface area contributed by atoms with E-state index in [2.05, 4.69) is 17.2 Å². The minimum absolute atomic E-state index is 0.567. The fourth-order valence-corrected chi connectivity index (χ4v) is 3.54. The molecule has 0 spiro atoms. The van der Waals surface area contributed by atoms with E-state index in [0.29, 0.717) is 17.2 Å². The molecule has 2 rings (SSSR count). The highest BCUT2D eigenvalue weighted by Gasteiger charge is 2.16.